The number of ketones is 1. The molecule has 1 atom stereocenters. The molecule has 1 fully saturated rings. The number of aromatic nitrogens is 1. The summed E-state index contributed by atoms with van der Waals surface area (Å²) in [5.41, 5.74) is 1.74. The van der Waals surface area contributed by atoms with Crippen LogP contribution in [0.15, 0.2) is 29.3 Å². The predicted octanol–water partition coefficient (Wildman–Crippen LogP) is 3.29. The van der Waals surface area contributed by atoms with Gasteiger partial charge in [0.15, 0.2) is 15.6 Å². The van der Waals surface area contributed by atoms with Gasteiger partial charge in [0.1, 0.15) is 5.60 Å². The SMILES string of the molecule is CCS(=O)(=O)c1ccc(CCC(=O)c2cc3c(s2)C2(CCNCC2)O[C@@H](C)C3)nc1. The maximum Gasteiger partial charge on any atom is 0.179 e. The van der Waals surface area contributed by atoms with Crippen molar-refractivity contribution in [3.8, 4) is 0 Å². The lowest BCUT2D eigenvalue weighted by atomic mass is 9.84. The van der Waals surface area contributed by atoms with Gasteiger partial charge in [0.25, 0.3) is 0 Å². The fraction of sp³-hybridized carbons (Fsp3) is 0.545. The van der Waals surface area contributed by atoms with E-state index < -0.39 is 9.84 Å². The van der Waals surface area contributed by atoms with E-state index >= 15 is 0 Å². The zero-order valence-electron chi connectivity index (χ0n) is 17.4. The minimum atomic E-state index is -3.25. The van der Waals surface area contributed by atoms with E-state index in [1.54, 1.807) is 30.4 Å². The Balaban J connectivity index is 1.47. The van der Waals surface area contributed by atoms with Crippen LogP contribution in [0.5, 0.6) is 0 Å². The van der Waals surface area contributed by atoms with Crippen molar-refractivity contribution in [3.05, 3.63) is 45.4 Å². The highest BCUT2D eigenvalue weighted by atomic mass is 32.2. The summed E-state index contributed by atoms with van der Waals surface area (Å²) in [6.45, 7) is 5.59. The summed E-state index contributed by atoms with van der Waals surface area (Å²) < 4.78 is 30.2. The first kappa shape index (κ1) is 21.6. The average molecular weight is 449 g/mol. The van der Waals surface area contributed by atoms with Crippen molar-refractivity contribution in [2.24, 2.45) is 0 Å². The molecule has 2 aliphatic rings. The van der Waals surface area contributed by atoms with Gasteiger partial charge in [-0.25, -0.2) is 8.42 Å². The molecule has 0 aromatic carbocycles. The highest BCUT2D eigenvalue weighted by Crippen LogP contribution is 2.46. The summed E-state index contributed by atoms with van der Waals surface area (Å²) >= 11 is 1.59. The van der Waals surface area contributed by atoms with Crippen LogP contribution in [0.1, 0.15) is 58.9 Å². The number of rotatable bonds is 6. The molecule has 0 saturated carbocycles. The standard InChI is InChI=1S/C22H28N2O4S2/c1-3-30(26,27)18-6-4-17(24-14-18)5-7-19(25)20-13-16-12-15(2)28-22(21(16)29-20)8-10-23-11-9-22/h4,6,13-15,23H,3,5,7-12H2,1-2H3/t15-/m0/s1. The molecule has 162 valence electrons. The van der Waals surface area contributed by atoms with Gasteiger partial charge in [-0.3, -0.25) is 9.78 Å². The van der Waals surface area contributed by atoms with Gasteiger partial charge in [0, 0.05) is 23.2 Å². The maximum atomic E-state index is 12.9. The molecule has 2 aliphatic heterocycles. The normalized spacial score (nSPS) is 20.8. The van der Waals surface area contributed by atoms with Crippen molar-refractivity contribution in [3.63, 3.8) is 0 Å². The second kappa shape index (κ2) is 8.49. The lowest BCUT2D eigenvalue weighted by molar-refractivity contribution is -0.117. The summed E-state index contributed by atoms with van der Waals surface area (Å²) in [5.74, 6) is 0.160. The van der Waals surface area contributed by atoms with E-state index in [-0.39, 0.29) is 28.1 Å². The lowest BCUT2D eigenvalue weighted by Crippen LogP contribution is -2.46. The summed E-state index contributed by atoms with van der Waals surface area (Å²) in [5, 5.41) is 3.40. The van der Waals surface area contributed by atoms with Crippen LogP contribution in [0.25, 0.3) is 0 Å². The lowest BCUT2D eigenvalue weighted by Gasteiger charge is -2.43. The number of nitrogens with zero attached hydrogens (tertiary/aromatic N) is 1. The fourth-order valence-corrected chi connectivity index (χ4v) is 6.51. The van der Waals surface area contributed by atoms with Crippen LogP contribution in [0.4, 0.5) is 0 Å². The van der Waals surface area contributed by atoms with Crippen LogP contribution in [-0.2, 0) is 33.0 Å². The number of thiophene rings is 1. The van der Waals surface area contributed by atoms with Crippen molar-refractivity contribution in [2.45, 2.75) is 62.6 Å². The van der Waals surface area contributed by atoms with E-state index in [0.29, 0.717) is 12.8 Å². The molecule has 0 unspecified atom stereocenters. The van der Waals surface area contributed by atoms with E-state index in [9.17, 15) is 13.2 Å². The first-order chi connectivity index (χ1) is 14.3. The Morgan fingerprint density at radius 3 is 2.77 bits per heavy atom. The summed E-state index contributed by atoms with van der Waals surface area (Å²) in [4.78, 5) is 19.4. The number of nitrogens with one attached hydrogen (secondary N) is 1. The third-order valence-corrected chi connectivity index (χ3v) is 9.11. The van der Waals surface area contributed by atoms with E-state index in [4.69, 9.17) is 4.74 Å². The molecule has 0 radical (unpaired) electrons. The number of Topliss-reactive ketones (excluding diaryl/α,β-unsaturated/α-hetero) is 1. The van der Waals surface area contributed by atoms with Crippen molar-refractivity contribution < 1.29 is 17.9 Å². The summed E-state index contributed by atoms with van der Waals surface area (Å²) in [6.07, 6.45) is 5.14. The smallest absolute Gasteiger partial charge is 0.179 e. The predicted molar refractivity (Wildman–Crippen MR) is 117 cm³/mol. The van der Waals surface area contributed by atoms with Crippen LogP contribution in [-0.4, -0.2) is 44.1 Å². The molecule has 0 amide bonds. The number of carbonyl (C=O) groups is 1. The highest BCUT2D eigenvalue weighted by Gasteiger charge is 2.43. The Labute approximate surface area is 182 Å². The Morgan fingerprint density at radius 1 is 1.33 bits per heavy atom. The van der Waals surface area contributed by atoms with Crippen LogP contribution >= 0.6 is 11.3 Å². The first-order valence-corrected chi connectivity index (χ1v) is 13.0. The van der Waals surface area contributed by atoms with Crippen molar-refractivity contribution >= 4 is 27.0 Å². The number of hydrogen-bond acceptors (Lipinski definition) is 7. The second-order valence-corrected chi connectivity index (χ2v) is 11.5. The maximum absolute atomic E-state index is 12.9. The topological polar surface area (TPSA) is 85.4 Å². The van der Waals surface area contributed by atoms with Gasteiger partial charge >= 0.3 is 0 Å². The Morgan fingerprint density at radius 2 is 2.10 bits per heavy atom. The largest absolute Gasteiger partial charge is 0.366 e. The molecule has 4 heterocycles. The fourth-order valence-electron chi connectivity index (χ4n) is 4.34. The third-order valence-electron chi connectivity index (χ3n) is 5.99. The van der Waals surface area contributed by atoms with E-state index in [2.05, 4.69) is 23.3 Å². The Bertz CT molecular complexity index is 1020. The molecule has 1 spiro atoms. The molecule has 4 rings (SSSR count). The van der Waals surface area contributed by atoms with Gasteiger partial charge in [0.05, 0.1) is 21.6 Å². The van der Waals surface area contributed by atoms with Crippen LogP contribution < -0.4 is 5.32 Å². The molecule has 8 heteroatoms. The van der Waals surface area contributed by atoms with Gasteiger partial charge in [0.2, 0.25) is 0 Å². The quantitative estimate of drug-likeness (QED) is 0.683. The monoisotopic (exact) mass is 448 g/mol. The molecule has 2 aromatic heterocycles. The second-order valence-electron chi connectivity index (χ2n) is 8.15. The number of pyridine rings is 1. The minimum absolute atomic E-state index is 0.0510. The average Bonchev–Trinajstić information content (AvgIpc) is 3.18. The molecule has 2 aromatic rings. The summed E-state index contributed by atoms with van der Waals surface area (Å²) in [6, 6.07) is 5.35. The molecular formula is C22H28N2O4S2. The van der Waals surface area contributed by atoms with Gasteiger partial charge in [-0.2, -0.15) is 0 Å². The molecule has 6 nitrogen and oxygen atoms in total. The zero-order valence-corrected chi connectivity index (χ0v) is 19.1. The van der Waals surface area contributed by atoms with Crippen LogP contribution in [0, 0.1) is 0 Å². The number of hydrogen-bond donors (Lipinski definition) is 1. The number of aryl methyl sites for hydroxylation is 1. The van der Waals surface area contributed by atoms with Gasteiger partial charge < -0.3 is 10.1 Å². The molecule has 1 saturated heterocycles. The van der Waals surface area contributed by atoms with Gasteiger partial charge in [-0.1, -0.05) is 6.92 Å². The van der Waals surface area contributed by atoms with Crippen LogP contribution in [0.2, 0.25) is 0 Å². The highest BCUT2D eigenvalue weighted by molar-refractivity contribution is 7.91. The van der Waals surface area contributed by atoms with E-state index in [1.807, 2.05) is 0 Å². The van der Waals surface area contributed by atoms with Gasteiger partial charge in [-0.05, 0) is 69.5 Å². The molecule has 0 aliphatic carbocycles. The zero-order chi connectivity index (χ0) is 21.4. The Hall–Kier alpha value is -1.61. The number of carbonyl (C=O) groups excluding carboxylic acids is 1. The third kappa shape index (κ3) is 4.23. The molecule has 1 N–H and O–H groups in total. The van der Waals surface area contributed by atoms with Gasteiger partial charge in [-0.15, -0.1) is 11.3 Å². The van der Waals surface area contributed by atoms with E-state index in [0.717, 1.165) is 42.9 Å². The van der Waals surface area contributed by atoms with Crippen molar-refractivity contribution in [1.29, 1.82) is 0 Å². The van der Waals surface area contributed by atoms with E-state index in [1.165, 1.54) is 16.6 Å². The first-order valence-electron chi connectivity index (χ1n) is 10.6. The number of piperidine rings is 1. The van der Waals surface area contributed by atoms with Crippen LogP contribution in [0.3, 0.4) is 0 Å². The number of fused-ring (bicyclic) bond motifs is 2. The number of sulfone groups is 1. The molecule has 30 heavy (non-hydrogen) atoms. The van der Waals surface area contributed by atoms with Crippen molar-refractivity contribution in [2.75, 3.05) is 18.8 Å². The molecule has 0 bridgehead atoms. The summed E-state index contributed by atoms with van der Waals surface area (Å²) in [7, 11) is -3.25. The minimum Gasteiger partial charge on any atom is -0.366 e. The molecular weight excluding hydrogens is 420 g/mol. The number of ether oxygens (including phenoxy) is 1. The Kier molecular flexibility index (Phi) is 6.12. The van der Waals surface area contributed by atoms with Crippen molar-refractivity contribution in [1.82, 2.24) is 10.3 Å².